The van der Waals surface area contributed by atoms with Crippen LogP contribution in [0.2, 0.25) is 0 Å². The van der Waals surface area contributed by atoms with Gasteiger partial charge in [-0.2, -0.15) is 0 Å². The van der Waals surface area contributed by atoms with Crippen LogP contribution in [0.25, 0.3) is 11.3 Å². The zero-order chi connectivity index (χ0) is 18.5. The number of rotatable bonds is 5. The molecule has 1 N–H and O–H groups in total. The number of nitrogens with one attached hydrogen (secondary N) is 1. The Morgan fingerprint density at radius 1 is 0.852 bits per heavy atom. The number of hydrogen-bond acceptors (Lipinski definition) is 4. The van der Waals surface area contributed by atoms with Crippen LogP contribution in [0.5, 0.6) is 11.5 Å². The lowest BCUT2D eigenvalue weighted by molar-refractivity contribution is 0.102. The molecule has 4 nitrogen and oxygen atoms in total. The zero-order valence-electron chi connectivity index (χ0n) is 14.3. The molecule has 0 atom stereocenters. The lowest BCUT2D eigenvalue weighted by atomic mass is 10.2. The van der Waals surface area contributed by atoms with Gasteiger partial charge < -0.3 is 4.74 Å². The van der Waals surface area contributed by atoms with Gasteiger partial charge in [-0.05, 0) is 30.3 Å². The van der Waals surface area contributed by atoms with Gasteiger partial charge >= 0.3 is 0 Å². The average Bonchev–Trinajstić information content (AvgIpc) is 3.18. The number of nitrogens with zero attached hydrogens (tertiary/aromatic N) is 1. The quantitative estimate of drug-likeness (QED) is 0.478. The van der Waals surface area contributed by atoms with Gasteiger partial charge in [0.2, 0.25) is 0 Å². The molecule has 1 heterocycles. The summed E-state index contributed by atoms with van der Waals surface area (Å²) in [7, 11) is 0. The molecule has 0 radical (unpaired) electrons. The number of carbonyl (C=O) groups is 1. The second-order valence-corrected chi connectivity index (χ2v) is 6.66. The summed E-state index contributed by atoms with van der Waals surface area (Å²) in [6.45, 7) is 0. The van der Waals surface area contributed by atoms with Crippen LogP contribution in [0.1, 0.15) is 10.4 Å². The summed E-state index contributed by atoms with van der Waals surface area (Å²) in [5.41, 5.74) is 2.38. The number of anilines is 1. The topological polar surface area (TPSA) is 51.2 Å². The molecular weight excluding hydrogens is 356 g/mol. The number of thiazole rings is 1. The van der Waals surface area contributed by atoms with E-state index in [1.165, 1.54) is 11.3 Å². The first-order valence-corrected chi connectivity index (χ1v) is 9.31. The Kier molecular flexibility index (Phi) is 4.94. The van der Waals surface area contributed by atoms with Crippen molar-refractivity contribution in [3.05, 3.63) is 95.9 Å². The number of para-hydroxylation sites is 1. The second-order valence-electron chi connectivity index (χ2n) is 5.80. The first-order valence-electron chi connectivity index (χ1n) is 8.43. The molecule has 5 heteroatoms. The summed E-state index contributed by atoms with van der Waals surface area (Å²) >= 11 is 1.40. The third-order valence-electron chi connectivity index (χ3n) is 3.87. The Morgan fingerprint density at radius 2 is 1.56 bits per heavy atom. The molecule has 0 aliphatic heterocycles. The van der Waals surface area contributed by atoms with Crippen LogP contribution in [0.4, 0.5) is 5.13 Å². The molecule has 0 unspecified atom stereocenters. The van der Waals surface area contributed by atoms with E-state index >= 15 is 0 Å². The maximum atomic E-state index is 12.6. The Morgan fingerprint density at radius 3 is 2.33 bits per heavy atom. The predicted molar refractivity (Wildman–Crippen MR) is 108 cm³/mol. The van der Waals surface area contributed by atoms with Crippen molar-refractivity contribution >= 4 is 22.4 Å². The molecule has 0 fully saturated rings. The lowest BCUT2D eigenvalue weighted by Crippen LogP contribution is -2.11. The number of benzene rings is 3. The molecular formula is C22H16N2O2S. The number of aromatic nitrogens is 1. The molecule has 1 aromatic heterocycles. The molecule has 1 amide bonds. The van der Waals surface area contributed by atoms with Crippen LogP contribution in [0.15, 0.2) is 90.3 Å². The fraction of sp³-hybridized carbons (Fsp3) is 0. The molecule has 3 aromatic carbocycles. The second kappa shape index (κ2) is 7.85. The maximum absolute atomic E-state index is 12.6. The Hall–Kier alpha value is -3.44. The number of amides is 1. The van der Waals surface area contributed by atoms with E-state index < -0.39 is 0 Å². The van der Waals surface area contributed by atoms with E-state index in [0.717, 1.165) is 17.0 Å². The average molecular weight is 372 g/mol. The first kappa shape index (κ1) is 17.0. The van der Waals surface area contributed by atoms with Gasteiger partial charge in [0.05, 0.1) is 5.69 Å². The summed E-state index contributed by atoms with van der Waals surface area (Å²) in [6.07, 6.45) is 0. The summed E-state index contributed by atoms with van der Waals surface area (Å²) < 4.78 is 5.79. The number of carbonyl (C=O) groups excluding carboxylic acids is 1. The first-order chi connectivity index (χ1) is 13.3. The number of ether oxygens (including phenoxy) is 1. The minimum Gasteiger partial charge on any atom is -0.457 e. The van der Waals surface area contributed by atoms with Crippen molar-refractivity contribution in [1.82, 2.24) is 4.98 Å². The van der Waals surface area contributed by atoms with E-state index in [4.69, 9.17) is 4.74 Å². The summed E-state index contributed by atoms with van der Waals surface area (Å²) in [5.74, 6) is 1.11. The highest BCUT2D eigenvalue weighted by molar-refractivity contribution is 7.14. The standard InChI is InChI=1S/C22H16N2O2S/c25-21(24-22-23-20(15-27-22)16-8-3-1-4-9-16)17-10-7-13-19(14-17)26-18-11-5-2-6-12-18/h1-15H,(H,23,24,25). The molecule has 27 heavy (non-hydrogen) atoms. The molecule has 0 aliphatic carbocycles. The minimum atomic E-state index is -0.220. The highest BCUT2D eigenvalue weighted by atomic mass is 32.1. The van der Waals surface area contributed by atoms with Crippen LogP contribution >= 0.6 is 11.3 Å². The van der Waals surface area contributed by atoms with Gasteiger partial charge in [0.25, 0.3) is 5.91 Å². The van der Waals surface area contributed by atoms with E-state index in [0.29, 0.717) is 16.4 Å². The summed E-state index contributed by atoms with van der Waals surface area (Å²) in [4.78, 5) is 17.1. The molecule has 4 aromatic rings. The van der Waals surface area contributed by atoms with Crippen LogP contribution in [-0.4, -0.2) is 10.9 Å². The molecule has 132 valence electrons. The van der Waals surface area contributed by atoms with Crippen LogP contribution in [-0.2, 0) is 0 Å². The van der Waals surface area contributed by atoms with Crippen molar-refractivity contribution in [2.45, 2.75) is 0 Å². The van der Waals surface area contributed by atoms with Gasteiger partial charge in [-0.1, -0.05) is 54.6 Å². The summed E-state index contributed by atoms with van der Waals surface area (Å²) in [6, 6.07) is 26.4. The van der Waals surface area contributed by atoms with Gasteiger partial charge in [-0.3, -0.25) is 10.1 Å². The Labute approximate surface area is 161 Å². The minimum absolute atomic E-state index is 0.220. The van der Waals surface area contributed by atoms with E-state index in [1.807, 2.05) is 72.1 Å². The Balaban J connectivity index is 1.47. The SMILES string of the molecule is O=C(Nc1nc(-c2ccccc2)cs1)c1cccc(Oc2ccccc2)c1. The van der Waals surface area contributed by atoms with E-state index in [2.05, 4.69) is 10.3 Å². The zero-order valence-corrected chi connectivity index (χ0v) is 15.1. The third-order valence-corrected chi connectivity index (χ3v) is 4.63. The maximum Gasteiger partial charge on any atom is 0.257 e. The van der Waals surface area contributed by atoms with Gasteiger partial charge in [0, 0.05) is 16.5 Å². The van der Waals surface area contributed by atoms with Crippen LogP contribution in [0.3, 0.4) is 0 Å². The molecule has 0 spiro atoms. The van der Waals surface area contributed by atoms with Crippen molar-refractivity contribution in [3.8, 4) is 22.8 Å². The fourth-order valence-corrected chi connectivity index (χ4v) is 3.28. The molecule has 0 aliphatic rings. The Bertz CT molecular complexity index is 1050. The normalized spacial score (nSPS) is 10.4. The fourth-order valence-electron chi connectivity index (χ4n) is 2.57. The van der Waals surface area contributed by atoms with E-state index in [-0.39, 0.29) is 5.91 Å². The summed E-state index contributed by atoms with van der Waals surface area (Å²) in [5, 5.41) is 5.35. The van der Waals surface area contributed by atoms with Gasteiger partial charge in [-0.25, -0.2) is 4.98 Å². The molecule has 0 saturated heterocycles. The van der Waals surface area contributed by atoms with Crippen molar-refractivity contribution in [2.24, 2.45) is 0 Å². The van der Waals surface area contributed by atoms with Gasteiger partial charge in [0.15, 0.2) is 5.13 Å². The van der Waals surface area contributed by atoms with Crippen molar-refractivity contribution < 1.29 is 9.53 Å². The lowest BCUT2D eigenvalue weighted by Gasteiger charge is -2.07. The van der Waals surface area contributed by atoms with Crippen LogP contribution < -0.4 is 10.1 Å². The predicted octanol–water partition coefficient (Wildman–Crippen LogP) is 5.85. The molecule has 0 saturated carbocycles. The highest BCUT2D eigenvalue weighted by Gasteiger charge is 2.11. The van der Waals surface area contributed by atoms with Crippen LogP contribution in [0, 0.1) is 0 Å². The van der Waals surface area contributed by atoms with Crippen molar-refractivity contribution in [2.75, 3.05) is 5.32 Å². The van der Waals surface area contributed by atoms with E-state index in [9.17, 15) is 4.79 Å². The highest BCUT2D eigenvalue weighted by Crippen LogP contribution is 2.26. The smallest absolute Gasteiger partial charge is 0.257 e. The molecule has 4 rings (SSSR count). The van der Waals surface area contributed by atoms with Crippen molar-refractivity contribution in [1.29, 1.82) is 0 Å². The van der Waals surface area contributed by atoms with E-state index in [1.54, 1.807) is 18.2 Å². The van der Waals surface area contributed by atoms with Gasteiger partial charge in [-0.15, -0.1) is 11.3 Å². The van der Waals surface area contributed by atoms with Crippen molar-refractivity contribution in [3.63, 3.8) is 0 Å². The molecule has 0 bridgehead atoms. The van der Waals surface area contributed by atoms with Gasteiger partial charge in [0.1, 0.15) is 11.5 Å². The monoisotopic (exact) mass is 372 g/mol. The number of hydrogen-bond donors (Lipinski definition) is 1. The third kappa shape index (κ3) is 4.22. The largest absolute Gasteiger partial charge is 0.457 e.